The Kier molecular flexibility index (Phi) is 3.49. The monoisotopic (exact) mass is 327 g/mol. The maximum atomic E-state index is 13.2. The number of carbonyl (C=O) groups excluding carboxylic acids is 1. The number of nitrogens with one attached hydrogen (secondary N) is 1. The average Bonchev–Trinajstić information content (AvgIpc) is 2.46. The molecule has 4 aliphatic rings. The van der Waals surface area contributed by atoms with E-state index in [-0.39, 0.29) is 11.3 Å². The Morgan fingerprint density at radius 3 is 2.25 bits per heavy atom. The van der Waals surface area contributed by atoms with E-state index in [4.69, 9.17) is 4.74 Å². The molecular formula is C21H29NO2. The molecule has 2 atom stereocenters. The van der Waals surface area contributed by atoms with Gasteiger partial charge in [0.25, 0.3) is 0 Å². The Morgan fingerprint density at radius 1 is 1.08 bits per heavy atom. The van der Waals surface area contributed by atoms with Crippen molar-refractivity contribution < 1.29 is 9.53 Å². The lowest BCUT2D eigenvalue weighted by Crippen LogP contribution is -2.58. The summed E-state index contributed by atoms with van der Waals surface area (Å²) in [6.07, 6.45) is 7.15. The lowest BCUT2D eigenvalue weighted by molar-refractivity contribution is -0.165. The predicted octanol–water partition coefficient (Wildman–Crippen LogP) is 5.02. The predicted molar refractivity (Wildman–Crippen MR) is 96.1 cm³/mol. The minimum atomic E-state index is -0.151. The highest BCUT2D eigenvalue weighted by molar-refractivity contribution is 5.95. The zero-order chi connectivity index (χ0) is 17.0. The van der Waals surface area contributed by atoms with Crippen molar-refractivity contribution in [3.63, 3.8) is 0 Å². The van der Waals surface area contributed by atoms with Crippen molar-refractivity contribution in [3.8, 4) is 5.75 Å². The summed E-state index contributed by atoms with van der Waals surface area (Å²) in [6, 6.07) is 7.77. The van der Waals surface area contributed by atoms with Crippen molar-refractivity contribution >= 4 is 11.6 Å². The van der Waals surface area contributed by atoms with Crippen LogP contribution in [0.15, 0.2) is 24.3 Å². The number of ether oxygens (including phenoxy) is 1. The minimum absolute atomic E-state index is 0.151. The van der Waals surface area contributed by atoms with E-state index >= 15 is 0 Å². The molecule has 0 spiro atoms. The second-order valence-corrected chi connectivity index (χ2v) is 9.32. The fraction of sp³-hybridized carbons (Fsp3) is 0.667. The number of hydrogen-bond acceptors (Lipinski definition) is 2. The van der Waals surface area contributed by atoms with Crippen LogP contribution in [0.25, 0.3) is 0 Å². The van der Waals surface area contributed by atoms with Crippen LogP contribution >= 0.6 is 0 Å². The average molecular weight is 327 g/mol. The molecular weight excluding hydrogens is 298 g/mol. The van der Waals surface area contributed by atoms with Crippen LogP contribution in [0.3, 0.4) is 0 Å². The second kappa shape index (κ2) is 5.24. The fourth-order valence-corrected chi connectivity index (χ4v) is 6.77. The summed E-state index contributed by atoms with van der Waals surface area (Å²) in [5.41, 5.74) is 1.46. The van der Waals surface area contributed by atoms with Gasteiger partial charge >= 0.3 is 0 Å². The van der Waals surface area contributed by atoms with E-state index < -0.39 is 0 Å². The molecule has 3 nitrogen and oxygen atoms in total. The third-order valence-electron chi connectivity index (χ3n) is 6.53. The largest absolute Gasteiger partial charge is 0.494 e. The van der Waals surface area contributed by atoms with Gasteiger partial charge in [-0.15, -0.1) is 0 Å². The minimum Gasteiger partial charge on any atom is -0.494 e. The van der Waals surface area contributed by atoms with Gasteiger partial charge in [-0.1, -0.05) is 13.8 Å². The van der Waals surface area contributed by atoms with Gasteiger partial charge in [0, 0.05) is 5.69 Å². The van der Waals surface area contributed by atoms with E-state index in [1.165, 1.54) is 19.3 Å². The third-order valence-corrected chi connectivity index (χ3v) is 6.53. The molecule has 4 aliphatic carbocycles. The van der Waals surface area contributed by atoms with E-state index in [0.717, 1.165) is 36.6 Å². The van der Waals surface area contributed by atoms with Crippen LogP contribution in [-0.2, 0) is 4.79 Å². The van der Waals surface area contributed by atoms with Crippen LogP contribution in [0.2, 0.25) is 0 Å². The van der Waals surface area contributed by atoms with Gasteiger partial charge in [-0.2, -0.15) is 0 Å². The van der Waals surface area contributed by atoms with Crippen LogP contribution in [0.4, 0.5) is 5.69 Å². The van der Waals surface area contributed by atoms with Crippen molar-refractivity contribution in [2.24, 2.45) is 22.2 Å². The number of benzene rings is 1. The van der Waals surface area contributed by atoms with Crippen LogP contribution in [0.1, 0.15) is 59.3 Å². The number of rotatable bonds is 4. The molecule has 24 heavy (non-hydrogen) atoms. The first-order valence-electron chi connectivity index (χ1n) is 9.38. The van der Waals surface area contributed by atoms with Crippen LogP contribution < -0.4 is 10.1 Å². The van der Waals surface area contributed by atoms with Crippen molar-refractivity contribution in [2.45, 2.75) is 59.3 Å². The van der Waals surface area contributed by atoms with Gasteiger partial charge in [0.15, 0.2) is 0 Å². The topological polar surface area (TPSA) is 38.3 Å². The van der Waals surface area contributed by atoms with Crippen LogP contribution in [0.5, 0.6) is 5.75 Å². The molecule has 1 aromatic carbocycles. The van der Waals surface area contributed by atoms with E-state index in [1.54, 1.807) is 0 Å². The summed E-state index contributed by atoms with van der Waals surface area (Å²) < 4.78 is 5.48. The summed E-state index contributed by atoms with van der Waals surface area (Å²) in [7, 11) is 0. The quantitative estimate of drug-likeness (QED) is 0.843. The molecule has 4 saturated carbocycles. The molecule has 0 aromatic heterocycles. The number of carbonyl (C=O) groups is 1. The molecule has 2 unspecified atom stereocenters. The Hall–Kier alpha value is -1.51. The van der Waals surface area contributed by atoms with Gasteiger partial charge in [-0.3, -0.25) is 4.79 Å². The highest BCUT2D eigenvalue weighted by Gasteiger charge is 2.62. The Balaban J connectivity index is 1.54. The first-order valence-corrected chi connectivity index (χ1v) is 9.38. The molecule has 0 radical (unpaired) electrons. The van der Waals surface area contributed by atoms with Gasteiger partial charge in [0.05, 0.1) is 12.0 Å². The standard InChI is InChI=1S/C21H29NO2/c1-4-24-17-7-5-16(6-8-17)22-18(23)21-11-15-9-19(2,13-21)12-20(3,10-15)14-21/h5-8,15H,4,9-14H2,1-3H3,(H,22,23). The molecule has 130 valence electrons. The summed E-state index contributed by atoms with van der Waals surface area (Å²) in [5, 5.41) is 3.21. The molecule has 4 bridgehead atoms. The highest BCUT2D eigenvalue weighted by Crippen LogP contribution is 2.69. The van der Waals surface area contributed by atoms with Gasteiger partial charge in [0.2, 0.25) is 5.91 Å². The lowest BCUT2D eigenvalue weighted by atomic mass is 9.40. The summed E-state index contributed by atoms with van der Waals surface area (Å²) >= 11 is 0. The first-order chi connectivity index (χ1) is 11.3. The third kappa shape index (κ3) is 2.62. The molecule has 3 heteroatoms. The van der Waals surface area contributed by atoms with Gasteiger partial charge in [-0.25, -0.2) is 0 Å². The number of anilines is 1. The van der Waals surface area contributed by atoms with Crippen molar-refractivity contribution in [3.05, 3.63) is 24.3 Å². The normalized spacial score (nSPS) is 39.7. The van der Waals surface area contributed by atoms with E-state index in [1.807, 2.05) is 31.2 Å². The van der Waals surface area contributed by atoms with E-state index in [9.17, 15) is 4.79 Å². The SMILES string of the molecule is CCOc1ccc(NC(=O)C23CC4CC(C)(CC(C)(C4)C2)C3)cc1. The van der Waals surface area contributed by atoms with Crippen LogP contribution in [0, 0.1) is 22.2 Å². The van der Waals surface area contributed by atoms with Crippen molar-refractivity contribution in [2.75, 3.05) is 11.9 Å². The molecule has 1 N–H and O–H groups in total. The fourth-order valence-electron chi connectivity index (χ4n) is 6.77. The highest BCUT2D eigenvalue weighted by atomic mass is 16.5. The van der Waals surface area contributed by atoms with Crippen molar-refractivity contribution in [1.29, 1.82) is 0 Å². The maximum Gasteiger partial charge on any atom is 0.230 e. The zero-order valence-electron chi connectivity index (χ0n) is 15.2. The maximum absolute atomic E-state index is 13.2. The molecule has 0 saturated heterocycles. The number of hydrogen-bond donors (Lipinski definition) is 1. The van der Waals surface area contributed by atoms with Crippen LogP contribution in [-0.4, -0.2) is 12.5 Å². The Morgan fingerprint density at radius 2 is 1.71 bits per heavy atom. The molecule has 1 amide bonds. The Bertz CT molecular complexity index is 632. The molecule has 4 fully saturated rings. The van der Waals surface area contributed by atoms with E-state index in [0.29, 0.717) is 17.4 Å². The Labute approximate surface area is 145 Å². The first kappa shape index (κ1) is 16.0. The summed E-state index contributed by atoms with van der Waals surface area (Å²) in [6.45, 7) is 7.46. The van der Waals surface area contributed by atoms with Gasteiger partial charge in [0.1, 0.15) is 5.75 Å². The lowest BCUT2D eigenvalue weighted by Gasteiger charge is -2.64. The second-order valence-electron chi connectivity index (χ2n) is 9.32. The summed E-state index contributed by atoms with van der Waals surface area (Å²) in [4.78, 5) is 13.2. The number of amides is 1. The van der Waals surface area contributed by atoms with E-state index in [2.05, 4.69) is 19.2 Å². The molecule has 0 heterocycles. The summed E-state index contributed by atoms with van der Waals surface area (Å²) in [5.74, 6) is 1.83. The molecule has 5 rings (SSSR count). The zero-order valence-corrected chi connectivity index (χ0v) is 15.2. The van der Waals surface area contributed by atoms with Gasteiger partial charge < -0.3 is 10.1 Å². The van der Waals surface area contributed by atoms with Crippen molar-refractivity contribution in [1.82, 2.24) is 0 Å². The molecule has 0 aliphatic heterocycles. The van der Waals surface area contributed by atoms with Gasteiger partial charge in [-0.05, 0) is 86.5 Å². The smallest absolute Gasteiger partial charge is 0.230 e. The molecule has 1 aromatic rings.